The first-order valence-corrected chi connectivity index (χ1v) is 6.99. The SMILES string of the molecule is Cc1nc(CCCCn2cnc3c2c(=O)[nH]c(=O)n3C)no1. The van der Waals surface area contributed by atoms with Gasteiger partial charge in [0.25, 0.3) is 5.56 Å². The van der Waals surface area contributed by atoms with Crippen LogP contribution in [0.15, 0.2) is 20.4 Å². The van der Waals surface area contributed by atoms with Crippen LogP contribution in [0.4, 0.5) is 0 Å². The van der Waals surface area contributed by atoms with Crippen molar-refractivity contribution < 1.29 is 4.52 Å². The maximum Gasteiger partial charge on any atom is 0.329 e. The fourth-order valence-electron chi connectivity index (χ4n) is 2.36. The molecule has 9 heteroatoms. The van der Waals surface area contributed by atoms with E-state index < -0.39 is 11.2 Å². The number of nitrogens with zero attached hydrogens (tertiary/aromatic N) is 5. The molecule has 3 rings (SSSR count). The maximum absolute atomic E-state index is 11.9. The first-order chi connectivity index (χ1) is 10.6. The van der Waals surface area contributed by atoms with Gasteiger partial charge in [0, 0.05) is 26.9 Å². The van der Waals surface area contributed by atoms with Crippen LogP contribution in [-0.4, -0.2) is 29.2 Å². The number of rotatable bonds is 5. The third-order valence-electron chi connectivity index (χ3n) is 3.50. The second-order valence-corrected chi connectivity index (χ2v) is 5.12. The molecule has 0 amide bonds. The molecular weight excluding hydrogens is 288 g/mol. The molecule has 0 aliphatic heterocycles. The molecule has 3 aromatic rings. The topological polar surface area (TPSA) is 112 Å². The molecule has 9 nitrogen and oxygen atoms in total. The van der Waals surface area contributed by atoms with Gasteiger partial charge >= 0.3 is 5.69 Å². The third kappa shape index (κ3) is 2.57. The highest BCUT2D eigenvalue weighted by atomic mass is 16.5. The predicted molar refractivity (Wildman–Crippen MR) is 77.6 cm³/mol. The van der Waals surface area contributed by atoms with Crippen LogP contribution >= 0.6 is 0 Å². The van der Waals surface area contributed by atoms with E-state index in [0.717, 1.165) is 19.3 Å². The number of aryl methyl sites for hydroxylation is 4. The average Bonchev–Trinajstić information content (AvgIpc) is 3.08. The maximum atomic E-state index is 11.9. The Labute approximate surface area is 124 Å². The summed E-state index contributed by atoms with van der Waals surface area (Å²) >= 11 is 0. The fraction of sp³-hybridized carbons (Fsp3) is 0.462. The van der Waals surface area contributed by atoms with E-state index in [4.69, 9.17) is 4.52 Å². The highest BCUT2D eigenvalue weighted by Gasteiger charge is 2.11. The van der Waals surface area contributed by atoms with Crippen molar-refractivity contribution >= 4 is 11.2 Å². The Kier molecular flexibility index (Phi) is 3.61. The Bertz CT molecular complexity index is 916. The van der Waals surface area contributed by atoms with Crippen LogP contribution in [0.1, 0.15) is 24.6 Å². The molecule has 0 spiro atoms. The molecular formula is C13H16N6O3. The minimum Gasteiger partial charge on any atom is -0.340 e. The lowest BCUT2D eigenvalue weighted by molar-refractivity contribution is 0.386. The standard InChI is InChI=1S/C13H16N6O3/c1-8-15-9(17-22-8)5-3-4-6-19-7-14-11-10(19)12(20)16-13(21)18(11)2/h7H,3-6H2,1-2H3,(H,16,20,21). The lowest BCUT2D eigenvalue weighted by atomic mass is 10.2. The summed E-state index contributed by atoms with van der Waals surface area (Å²) < 4.78 is 8.00. The second kappa shape index (κ2) is 5.58. The molecule has 3 heterocycles. The Morgan fingerprint density at radius 1 is 1.32 bits per heavy atom. The van der Waals surface area contributed by atoms with Crippen LogP contribution in [0.3, 0.4) is 0 Å². The van der Waals surface area contributed by atoms with E-state index in [1.807, 2.05) is 0 Å². The molecule has 3 aromatic heterocycles. The van der Waals surface area contributed by atoms with E-state index in [1.165, 1.54) is 4.57 Å². The number of unbranched alkanes of at least 4 members (excludes halogenated alkanes) is 1. The van der Waals surface area contributed by atoms with E-state index in [0.29, 0.717) is 29.4 Å². The highest BCUT2D eigenvalue weighted by Crippen LogP contribution is 2.08. The zero-order valence-corrected chi connectivity index (χ0v) is 12.4. The number of nitrogens with one attached hydrogen (secondary N) is 1. The van der Waals surface area contributed by atoms with Crippen LogP contribution in [0.2, 0.25) is 0 Å². The molecule has 0 aliphatic rings. The van der Waals surface area contributed by atoms with Crippen LogP contribution in [0.5, 0.6) is 0 Å². The van der Waals surface area contributed by atoms with Crippen LogP contribution in [-0.2, 0) is 20.0 Å². The van der Waals surface area contributed by atoms with E-state index in [9.17, 15) is 9.59 Å². The van der Waals surface area contributed by atoms with Crippen LogP contribution in [0, 0.1) is 6.92 Å². The van der Waals surface area contributed by atoms with E-state index in [1.54, 1.807) is 24.9 Å². The lowest BCUT2D eigenvalue weighted by Crippen LogP contribution is -2.29. The summed E-state index contributed by atoms with van der Waals surface area (Å²) in [6.07, 6.45) is 4.00. The predicted octanol–water partition coefficient (Wildman–Crippen LogP) is 0.138. The number of hydrogen-bond acceptors (Lipinski definition) is 6. The first kappa shape index (κ1) is 14.2. The molecule has 116 valence electrons. The first-order valence-electron chi connectivity index (χ1n) is 6.99. The molecule has 1 N–H and O–H groups in total. The van der Waals surface area contributed by atoms with Crippen LogP contribution < -0.4 is 11.2 Å². The molecule has 0 unspecified atom stereocenters. The summed E-state index contributed by atoms with van der Waals surface area (Å²) in [6, 6.07) is 0. The van der Waals surface area contributed by atoms with Crippen LogP contribution in [0.25, 0.3) is 11.2 Å². The number of hydrogen-bond donors (Lipinski definition) is 1. The number of H-pyrrole nitrogens is 1. The Hall–Kier alpha value is -2.71. The van der Waals surface area contributed by atoms with Gasteiger partial charge in [0.1, 0.15) is 0 Å². The van der Waals surface area contributed by atoms with Crippen molar-refractivity contribution in [3.05, 3.63) is 38.9 Å². The molecule has 0 fully saturated rings. The molecule has 0 bridgehead atoms. The zero-order chi connectivity index (χ0) is 15.7. The highest BCUT2D eigenvalue weighted by molar-refractivity contribution is 5.69. The summed E-state index contributed by atoms with van der Waals surface area (Å²) in [5, 5.41) is 3.84. The van der Waals surface area contributed by atoms with Crippen molar-refractivity contribution in [3.8, 4) is 0 Å². The minimum atomic E-state index is -0.463. The normalized spacial score (nSPS) is 11.4. The van der Waals surface area contributed by atoms with Gasteiger partial charge in [0.05, 0.1) is 6.33 Å². The van der Waals surface area contributed by atoms with Crippen molar-refractivity contribution in [1.29, 1.82) is 0 Å². The molecule has 0 saturated carbocycles. The van der Waals surface area contributed by atoms with Crippen molar-refractivity contribution in [1.82, 2.24) is 29.2 Å². The van der Waals surface area contributed by atoms with Gasteiger partial charge in [0.15, 0.2) is 17.0 Å². The minimum absolute atomic E-state index is 0.391. The van der Waals surface area contributed by atoms with Gasteiger partial charge in [-0.2, -0.15) is 4.98 Å². The largest absolute Gasteiger partial charge is 0.340 e. The van der Waals surface area contributed by atoms with Gasteiger partial charge in [-0.05, 0) is 12.8 Å². The quantitative estimate of drug-likeness (QED) is 0.671. The molecule has 0 aromatic carbocycles. The second-order valence-electron chi connectivity index (χ2n) is 5.12. The summed E-state index contributed by atoms with van der Waals surface area (Å²) in [5.41, 5.74) is -0.0698. The van der Waals surface area contributed by atoms with Gasteiger partial charge in [-0.25, -0.2) is 9.78 Å². The number of fused-ring (bicyclic) bond motifs is 1. The summed E-state index contributed by atoms with van der Waals surface area (Å²) in [4.78, 5) is 34.0. The van der Waals surface area contributed by atoms with E-state index in [-0.39, 0.29) is 0 Å². The fourth-order valence-corrected chi connectivity index (χ4v) is 2.36. The molecule has 0 radical (unpaired) electrons. The Balaban J connectivity index is 1.71. The zero-order valence-electron chi connectivity index (χ0n) is 12.4. The third-order valence-corrected chi connectivity index (χ3v) is 3.50. The van der Waals surface area contributed by atoms with Crippen molar-refractivity contribution in [2.45, 2.75) is 32.7 Å². The van der Waals surface area contributed by atoms with Gasteiger partial charge < -0.3 is 9.09 Å². The smallest absolute Gasteiger partial charge is 0.329 e. The van der Waals surface area contributed by atoms with E-state index in [2.05, 4.69) is 20.1 Å². The van der Waals surface area contributed by atoms with E-state index >= 15 is 0 Å². The molecule has 0 aliphatic carbocycles. The Morgan fingerprint density at radius 3 is 2.86 bits per heavy atom. The van der Waals surface area contributed by atoms with Gasteiger partial charge in [-0.1, -0.05) is 5.16 Å². The summed E-state index contributed by atoms with van der Waals surface area (Å²) in [5.74, 6) is 1.25. The Morgan fingerprint density at radius 2 is 2.14 bits per heavy atom. The number of imidazole rings is 1. The van der Waals surface area contributed by atoms with Crippen molar-refractivity contribution in [2.75, 3.05) is 0 Å². The number of aromatic nitrogens is 6. The lowest BCUT2D eigenvalue weighted by Gasteiger charge is -2.03. The van der Waals surface area contributed by atoms with Gasteiger partial charge in [-0.3, -0.25) is 14.3 Å². The summed E-state index contributed by atoms with van der Waals surface area (Å²) in [6.45, 7) is 2.39. The van der Waals surface area contributed by atoms with Crippen molar-refractivity contribution in [3.63, 3.8) is 0 Å². The number of aromatic amines is 1. The van der Waals surface area contributed by atoms with Gasteiger partial charge in [-0.15, -0.1) is 0 Å². The average molecular weight is 304 g/mol. The van der Waals surface area contributed by atoms with Gasteiger partial charge in [0.2, 0.25) is 5.89 Å². The summed E-state index contributed by atoms with van der Waals surface area (Å²) in [7, 11) is 1.58. The molecule has 22 heavy (non-hydrogen) atoms. The molecule has 0 saturated heterocycles. The monoisotopic (exact) mass is 304 g/mol. The van der Waals surface area contributed by atoms with Crippen molar-refractivity contribution in [2.24, 2.45) is 7.05 Å². The molecule has 0 atom stereocenters.